The van der Waals surface area contributed by atoms with Crippen molar-refractivity contribution < 1.29 is 14.6 Å². The maximum Gasteiger partial charge on any atom is 0.141 e. The molecule has 0 amide bonds. The fourth-order valence-electron chi connectivity index (χ4n) is 2.78. The van der Waals surface area contributed by atoms with Gasteiger partial charge in [0.05, 0.1) is 17.6 Å². The van der Waals surface area contributed by atoms with Gasteiger partial charge in [-0.25, -0.2) is 0 Å². The van der Waals surface area contributed by atoms with Crippen molar-refractivity contribution in [2.45, 2.75) is 57.7 Å². The van der Waals surface area contributed by atoms with Crippen LogP contribution in [0.15, 0.2) is 0 Å². The lowest BCUT2D eigenvalue weighted by molar-refractivity contribution is -0.145. The van der Waals surface area contributed by atoms with Crippen LogP contribution in [0.1, 0.15) is 45.4 Å². The quantitative estimate of drug-likeness (QED) is 0.757. The molecule has 2 rings (SSSR count). The van der Waals surface area contributed by atoms with Crippen LogP contribution in [0.5, 0.6) is 0 Å². The monoisotopic (exact) mass is 212 g/mol. The molecule has 2 aliphatic rings. The van der Waals surface area contributed by atoms with E-state index >= 15 is 0 Å². The molecule has 1 heterocycles. The van der Waals surface area contributed by atoms with E-state index in [2.05, 4.69) is 0 Å². The number of ketones is 1. The van der Waals surface area contributed by atoms with Crippen molar-refractivity contribution in [1.82, 2.24) is 0 Å². The predicted molar refractivity (Wildman–Crippen MR) is 56.6 cm³/mol. The van der Waals surface area contributed by atoms with Crippen LogP contribution in [0.4, 0.5) is 0 Å². The first kappa shape index (κ1) is 11.1. The van der Waals surface area contributed by atoms with Crippen molar-refractivity contribution in [3.8, 4) is 0 Å². The Labute approximate surface area is 90.8 Å². The van der Waals surface area contributed by atoms with E-state index in [1.54, 1.807) is 0 Å². The largest absolute Gasteiger partial charge is 0.389 e. The standard InChI is InChI=1S/C12H20O3/c1-12(7-3-2-6-10(12)13)11(14)9-5-4-8-15-9/h9,11,14H,2-8H2,1H3. The molecule has 1 saturated carbocycles. The third-order valence-corrected chi connectivity index (χ3v) is 3.96. The lowest BCUT2D eigenvalue weighted by Gasteiger charge is -2.38. The van der Waals surface area contributed by atoms with Crippen LogP contribution >= 0.6 is 0 Å². The molecule has 2 fully saturated rings. The van der Waals surface area contributed by atoms with Crippen LogP contribution in [-0.4, -0.2) is 29.7 Å². The molecule has 3 nitrogen and oxygen atoms in total. The van der Waals surface area contributed by atoms with Crippen molar-refractivity contribution in [1.29, 1.82) is 0 Å². The van der Waals surface area contributed by atoms with Gasteiger partial charge in [-0.15, -0.1) is 0 Å². The molecule has 0 radical (unpaired) electrons. The highest BCUT2D eigenvalue weighted by atomic mass is 16.5. The molecular formula is C12H20O3. The van der Waals surface area contributed by atoms with E-state index in [1.165, 1.54) is 0 Å². The first-order valence-electron chi connectivity index (χ1n) is 5.97. The Bertz CT molecular complexity index is 245. The van der Waals surface area contributed by atoms with Gasteiger partial charge in [0.15, 0.2) is 0 Å². The number of carbonyl (C=O) groups is 1. The Morgan fingerprint density at radius 1 is 1.47 bits per heavy atom. The summed E-state index contributed by atoms with van der Waals surface area (Å²) < 4.78 is 5.48. The van der Waals surface area contributed by atoms with E-state index in [1.807, 2.05) is 6.92 Å². The molecule has 0 spiro atoms. The number of aliphatic hydroxyl groups is 1. The number of hydrogen-bond acceptors (Lipinski definition) is 3. The molecule has 3 atom stereocenters. The number of rotatable bonds is 2. The second-order valence-corrected chi connectivity index (χ2v) is 5.04. The van der Waals surface area contributed by atoms with Crippen molar-refractivity contribution in [2.75, 3.05) is 6.61 Å². The average Bonchev–Trinajstić information content (AvgIpc) is 2.74. The van der Waals surface area contributed by atoms with Gasteiger partial charge in [0.25, 0.3) is 0 Å². The van der Waals surface area contributed by atoms with Crippen LogP contribution < -0.4 is 0 Å². The highest BCUT2D eigenvalue weighted by Gasteiger charge is 2.45. The predicted octanol–water partition coefficient (Wildman–Crippen LogP) is 1.68. The Kier molecular flexibility index (Phi) is 3.12. The molecule has 1 aliphatic carbocycles. The number of Topliss-reactive ketones (excluding diaryl/α,β-unsaturated/α-hetero) is 1. The SMILES string of the molecule is CC1(C(O)C2CCCO2)CCCCC1=O. The van der Waals surface area contributed by atoms with E-state index in [0.29, 0.717) is 6.42 Å². The van der Waals surface area contributed by atoms with Gasteiger partial charge in [0.1, 0.15) is 5.78 Å². The van der Waals surface area contributed by atoms with E-state index in [9.17, 15) is 9.90 Å². The van der Waals surface area contributed by atoms with Crippen LogP contribution in [-0.2, 0) is 9.53 Å². The Balaban J connectivity index is 2.08. The summed E-state index contributed by atoms with van der Waals surface area (Å²) in [5.74, 6) is 0.219. The topological polar surface area (TPSA) is 46.5 Å². The average molecular weight is 212 g/mol. The molecular weight excluding hydrogens is 192 g/mol. The summed E-state index contributed by atoms with van der Waals surface area (Å²) in [5.41, 5.74) is -0.548. The van der Waals surface area contributed by atoms with E-state index in [-0.39, 0.29) is 11.9 Å². The minimum absolute atomic E-state index is 0.114. The first-order chi connectivity index (χ1) is 7.14. The zero-order chi connectivity index (χ0) is 10.9. The zero-order valence-electron chi connectivity index (χ0n) is 9.37. The Hall–Kier alpha value is -0.410. The third-order valence-electron chi connectivity index (χ3n) is 3.96. The second kappa shape index (κ2) is 4.22. The summed E-state index contributed by atoms with van der Waals surface area (Å²) in [6.07, 6.45) is 4.65. The van der Waals surface area contributed by atoms with Gasteiger partial charge in [-0.3, -0.25) is 4.79 Å². The van der Waals surface area contributed by atoms with Crippen molar-refractivity contribution in [3.05, 3.63) is 0 Å². The number of carbonyl (C=O) groups excluding carboxylic acids is 1. The summed E-state index contributed by atoms with van der Waals surface area (Å²) in [7, 11) is 0. The number of aliphatic hydroxyl groups excluding tert-OH is 1. The van der Waals surface area contributed by atoms with E-state index < -0.39 is 11.5 Å². The fraction of sp³-hybridized carbons (Fsp3) is 0.917. The van der Waals surface area contributed by atoms with Gasteiger partial charge in [-0.1, -0.05) is 13.3 Å². The van der Waals surface area contributed by atoms with Gasteiger partial charge < -0.3 is 9.84 Å². The maximum atomic E-state index is 11.9. The highest BCUT2D eigenvalue weighted by molar-refractivity contribution is 5.85. The lowest BCUT2D eigenvalue weighted by Crippen LogP contribution is -2.47. The van der Waals surface area contributed by atoms with Crippen LogP contribution in [0.3, 0.4) is 0 Å². The molecule has 86 valence electrons. The highest BCUT2D eigenvalue weighted by Crippen LogP contribution is 2.39. The van der Waals surface area contributed by atoms with Gasteiger partial charge in [-0.2, -0.15) is 0 Å². The molecule has 0 aromatic rings. The lowest BCUT2D eigenvalue weighted by atomic mass is 9.69. The summed E-state index contributed by atoms with van der Waals surface area (Å²) >= 11 is 0. The molecule has 1 aliphatic heterocycles. The van der Waals surface area contributed by atoms with Gasteiger partial charge in [0, 0.05) is 13.0 Å². The molecule has 1 saturated heterocycles. The van der Waals surface area contributed by atoms with Gasteiger partial charge in [0.2, 0.25) is 0 Å². The minimum Gasteiger partial charge on any atom is -0.389 e. The number of ether oxygens (including phenoxy) is 1. The Morgan fingerprint density at radius 3 is 2.87 bits per heavy atom. The summed E-state index contributed by atoms with van der Waals surface area (Å²) in [4.78, 5) is 11.9. The normalized spacial score (nSPS) is 39.3. The van der Waals surface area contributed by atoms with E-state index in [0.717, 1.165) is 38.7 Å². The molecule has 3 heteroatoms. The summed E-state index contributed by atoms with van der Waals surface area (Å²) in [5, 5.41) is 10.3. The minimum atomic E-state index is -0.604. The first-order valence-corrected chi connectivity index (χ1v) is 5.97. The van der Waals surface area contributed by atoms with Gasteiger partial charge in [-0.05, 0) is 25.7 Å². The molecule has 3 unspecified atom stereocenters. The molecule has 15 heavy (non-hydrogen) atoms. The Morgan fingerprint density at radius 2 is 2.27 bits per heavy atom. The van der Waals surface area contributed by atoms with Gasteiger partial charge >= 0.3 is 0 Å². The van der Waals surface area contributed by atoms with Crippen molar-refractivity contribution >= 4 is 5.78 Å². The second-order valence-electron chi connectivity index (χ2n) is 5.04. The smallest absolute Gasteiger partial charge is 0.141 e. The molecule has 0 aromatic heterocycles. The maximum absolute atomic E-state index is 11.9. The molecule has 0 aromatic carbocycles. The molecule has 0 bridgehead atoms. The van der Waals surface area contributed by atoms with Crippen LogP contribution in [0.25, 0.3) is 0 Å². The molecule has 1 N–H and O–H groups in total. The fourth-order valence-corrected chi connectivity index (χ4v) is 2.78. The zero-order valence-corrected chi connectivity index (χ0v) is 9.37. The van der Waals surface area contributed by atoms with Crippen LogP contribution in [0, 0.1) is 5.41 Å². The van der Waals surface area contributed by atoms with Crippen molar-refractivity contribution in [2.24, 2.45) is 5.41 Å². The summed E-state index contributed by atoms with van der Waals surface area (Å²) in [6.45, 7) is 2.63. The summed E-state index contributed by atoms with van der Waals surface area (Å²) in [6, 6.07) is 0. The van der Waals surface area contributed by atoms with Crippen LogP contribution in [0.2, 0.25) is 0 Å². The number of hydrogen-bond donors (Lipinski definition) is 1. The van der Waals surface area contributed by atoms with Crippen molar-refractivity contribution in [3.63, 3.8) is 0 Å². The third kappa shape index (κ3) is 1.95. The van der Waals surface area contributed by atoms with E-state index in [4.69, 9.17) is 4.74 Å².